The molecule has 1 aromatic carbocycles. The summed E-state index contributed by atoms with van der Waals surface area (Å²) < 4.78 is 4.92. The zero-order valence-corrected chi connectivity index (χ0v) is 22.2. The van der Waals surface area contributed by atoms with E-state index < -0.39 is 48.7 Å². The molecule has 1 rings (SSSR count). The van der Waals surface area contributed by atoms with Crippen LogP contribution in [0.25, 0.3) is 0 Å². The maximum Gasteiger partial charge on any atom is 0.422 e. The third-order valence-corrected chi connectivity index (χ3v) is 3.36. The molecule has 37 heavy (non-hydrogen) atoms. The van der Waals surface area contributed by atoms with Crippen molar-refractivity contribution in [2.75, 3.05) is 6.54 Å². The van der Waals surface area contributed by atoms with Gasteiger partial charge in [0.1, 0.15) is 25.2 Å². The first-order valence-corrected chi connectivity index (χ1v) is 11.0. The maximum atomic E-state index is 11.4. The SMILES string of the molecule is CC(=O)Br.CC(C)[C@H](NC(=O)OCc1ccccc1)C(=O)O.C[C@H](N)C(=O)O.NN(CC(=O)O)C(=O)O. The lowest BCUT2D eigenvalue weighted by Gasteiger charge is -2.17. The number of alkyl carbamates (subject to hydrolysis) is 1. The first kappa shape index (κ1) is 37.8. The van der Waals surface area contributed by atoms with Gasteiger partial charge in [-0.15, -0.1) is 0 Å². The number of nitrogens with one attached hydrogen (secondary N) is 1. The molecule has 9 N–H and O–H groups in total. The van der Waals surface area contributed by atoms with Gasteiger partial charge in [-0.3, -0.25) is 14.4 Å². The fourth-order valence-electron chi connectivity index (χ4n) is 1.62. The summed E-state index contributed by atoms with van der Waals surface area (Å²) >= 11 is 2.63. The van der Waals surface area contributed by atoms with E-state index in [4.69, 9.17) is 30.9 Å². The molecule has 0 saturated heterocycles. The fourth-order valence-corrected chi connectivity index (χ4v) is 1.62. The lowest BCUT2D eigenvalue weighted by molar-refractivity contribution is -0.140. The molecule has 0 aliphatic heterocycles. The molecule has 0 aromatic heterocycles. The molecule has 0 radical (unpaired) electrons. The van der Waals surface area contributed by atoms with Crippen molar-refractivity contribution in [1.29, 1.82) is 0 Å². The zero-order chi connectivity index (χ0) is 29.7. The van der Waals surface area contributed by atoms with Crippen LogP contribution in [0.2, 0.25) is 0 Å². The first-order chi connectivity index (χ1) is 16.9. The number of halogens is 1. The highest BCUT2D eigenvalue weighted by Crippen LogP contribution is 2.04. The minimum Gasteiger partial charge on any atom is -0.480 e. The molecular formula is C21H33BrN4O11. The number of carbonyl (C=O) groups is 6. The summed E-state index contributed by atoms with van der Waals surface area (Å²) in [5, 5.41) is 35.2. The molecule has 0 heterocycles. The lowest BCUT2D eigenvalue weighted by Crippen LogP contribution is -2.44. The van der Waals surface area contributed by atoms with E-state index >= 15 is 0 Å². The van der Waals surface area contributed by atoms with E-state index in [2.05, 4.69) is 27.1 Å². The number of carboxylic acid groups (broad SMARTS) is 4. The standard InChI is InChI=1S/C13H17NO4.C3H6N2O4.C3H7NO2.C2H3BrO/c1-9(2)11(12(15)16)14-13(17)18-8-10-6-4-3-5-7-10;4-5(3(8)9)1-2(6)7;1-2(4)3(5)6;1-2(3)4/h3-7,9,11H,8H2,1-2H3,(H,14,17)(H,15,16);1,4H2,(H,6,7)(H,8,9);2H,4H2,1H3,(H,5,6);1H3/t11-;;2-;/m0.0./s1. The van der Waals surface area contributed by atoms with Crippen LogP contribution in [0.5, 0.6) is 0 Å². The number of nitrogens with two attached hydrogens (primary N) is 2. The van der Waals surface area contributed by atoms with Crippen molar-refractivity contribution >= 4 is 50.7 Å². The van der Waals surface area contributed by atoms with Gasteiger partial charge in [-0.1, -0.05) is 44.2 Å². The normalized spacial score (nSPS) is 10.8. The lowest BCUT2D eigenvalue weighted by atomic mass is 10.1. The maximum absolute atomic E-state index is 11.4. The Bertz CT molecular complexity index is 863. The summed E-state index contributed by atoms with van der Waals surface area (Å²) in [6.45, 7) is 5.72. The van der Waals surface area contributed by atoms with E-state index in [0.717, 1.165) is 5.56 Å². The molecule has 2 amide bonds. The predicted molar refractivity (Wildman–Crippen MR) is 133 cm³/mol. The van der Waals surface area contributed by atoms with Crippen molar-refractivity contribution in [3.8, 4) is 0 Å². The van der Waals surface area contributed by atoms with Crippen LogP contribution < -0.4 is 16.9 Å². The monoisotopic (exact) mass is 596 g/mol. The van der Waals surface area contributed by atoms with Crippen LogP contribution >= 0.6 is 15.9 Å². The van der Waals surface area contributed by atoms with Gasteiger partial charge in [-0.25, -0.2) is 25.2 Å². The van der Waals surface area contributed by atoms with Crippen LogP contribution in [0.15, 0.2) is 30.3 Å². The van der Waals surface area contributed by atoms with E-state index in [1.807, 2.05) is 30.3 Å². The first-order valence-electron chi connectivity index (χ1n) is 10.2. The molecule has 16 heteroatoms. The van der Waals surface area contributed by atoms with Crippen molar-refractivity contribution in [2.24, 2.45) is 17.5 Å². The number of amides is 2. The van der Waals surface area contributed by atoms with Crippen LogP contribution in [0.1, 0.15) is 33.3 Å². The third kappa shape index (κ3) is 26.7. The van der Waals surface area contributed by atoms with Crippen LogP contribution in [-0.4, -0.2) is 78.9 Å². The number of nitrogens with zero attached hydrogens (tertiary/aromatic N) is 1. The van der Waals surface area contributed by atoms with Gasteiger partial charge in [-0.2, -0.15) is 0 Å². The van der Waals surface area contributed by atoms with Gasteiger partial charge in [0.2, 0.25) is 0 Å². The second-order valence-electron chi connectivity index (χ2n) is 7.17. The number of hydrogen-bond donors (Lipinski definition) is 7. The van der Waals surface area contributed by atoms with E-state index in [-0.39, 0.29) is 22.2 Å². The van der Waals surface area contributed by atoms with Crippen molar-refractivity contribution in [2.45, 2.75) is 46.4 Å². The summed E-state index contributed by atoms with van der Waals surface area (Å²) in [7, 11) is 0. The summed E-state index contributed by atoms with van der Waals surface area (Å²) in [6, 6.07) is 7.52. The zero-order valence-electron chi connectivity index (χ0n) is 20.7. The highest BCUT2D eigenvalue weighted by atomic mass is 79.9. The second-order valence-corrected chi connectivity index (χ2v) is 8.28. The predicted octanol–water partition coefficient (Wildman–Crippen LogP) is 1.29. The number of hydrazine groups is 1. The summed E-state index contributed by atoms with van der Waals surface area (Å²) in [4.78, 5) is 60.8. The number of carboxylic acids is 3. The van der Waals surface area contributed by atoms with Gasteiger partial charge in [-0.05, 0) is 34.3 Å². The molecule has 1 aromatic rings. The Kier molecular flexibility index (Phi) is 22.0. The smallest absolute Gasteiger partial charge is 0.422 e. The second kappa shape index (κ2) is 21.5. The van der Waals surface area contributed by atoms with Crippen LogP contribution in [0.3, 0.4) is 0 Å². The summed E-state index contributed by atoms with van der Waals surface area (Å²) in [5.41, 5.74) is 5.69. The van der Waals surface area contributed by atoms with Gasteiger partial charge in [0.05, 0.1) is 0 Å². The number of rotatable bonds is 8. The van der Waals surface area contributed by atoms with Crippen molar-refractivity contribution in [1.82, 2.24) is 10.3 Å². The molecule has 0 fully saturated rings. The van der Waals surface area contributed by atoms with Gasteiger partial charge < -0.3 is 36.2 Å². The van der Waals surface area contributed by atoms with Gasteiger partial charge in [0.15, 0.2) is 4.69 Å². The van der Waals surface area contributed by atoms with E-state index in [1.54, 1.807) is 13.8 Å². The van der Waals surface area contributed by atoms with Crippen LogP contribution in [0.4, 0.5) is 9.59 Å². The minimum absolute atomic E-state index is 0.0208. The largest absolute Gasteiger partial charge is 0.480 e. The molecular weight excluding hydrogens is 564 g/mol. The Morgan fingerprint density at radius 3 is 1.68 bits per heavy atom. The minimum atomic E-state index is -1.46. The summed E-state index contributed by atoms with van der Waals surface area (Å²) in [5.74, 6) is 1.16. The molecule has 0 saturated carbocycles. The van der Waals surface area contributed by atoms with E-state index in [0.29, 0.717) is 0 Å². The van der Waals surface area contributed by atoms with Gasteiger partial charge in [0, 0.05) is 6.92 Å². The Morgan fingerprint density at radius 2 is 1.41 bits per heavy atom. The molecule has 0 aliphatic rings. The van der Waals surface area contributed by atoms with E-state index in [9.17, 15) is 28.8 Å². The molecule has 0 bridgehead atoms. The van der Waals surface area contributed by atoms with Gasteiger partial charge >= 0.3 is 30.1 Å². The number of carbonyl (C=O) groups excluding carboxylic acids is 2. The highest BCUT2D eigenvalue weighted by molar-refractivity contribution is 9.18. The third-order valence-electron chi connectivity index (χ3n) is 3.36. The number of ether oxygens (including phenoxy) is 1. The molecule has 2 atom stereocenters. The molecule has 210 valence electrons. The van der Waals surface area contributed by atoms with Crippen LogP contribution in [-0.2, 0) is 30.5 Å². The fraction of sp³-hybridized carbons (Fsp3) is 0.429. The van der Waals surface area contributed by atoms with Crippen molar-refractivity contribution < 1.29 is 53.9 Å². The summed E-state index contributed by atoms with van der Waals surface area (Å²) in [6.07, 6.45) is -2.18. The Balaban J connectivity index is -0.000000505. The molecule has 0 spiro atoms. The van der Waals surface area contributed by atoms with Gasteiger partial charge in [0.25, 0.3) is 0 Å². The average molecular weight is 597 g/mol. The van der Waals surface area contributed by atoms with Crippen LogP contribution in [0, 0.1) is 5.92 Å². The molecule has 15 nitrogen and oxygen atoms in total. The van der Waals surface area contributed by atoms with Crippen molar-refractivity contribution in [3.63, 3.8) is 0 Å². The van der Waals surface area contributed by atoms with E-state index in [1.165, 1.54) is 13.8 Å². The average Bonchev–Trinajstić information content (AvgIpc) is 2.76. The highest BCUT2D eigenvalue weighted by Gasteiger charge is 2.23. The number of aliphatic carboxylic acids is 3. The Labute approximate surface area is 221 Å². The topological polar surface area (TPSA) is 260 Å². The van der Waals surface area contributed by atoms with Crippen molar-refractivity contribution in [3.05, 3.63) is 35.9 Å². The Morgan fingerprint density at radius 1 is 0.973 bits per heavy atom. The molecule has 0 aliphatic carbocycles. The number of benzene rings is 1. The number of hydrogen-bond acceptors (Lipinski definition) is 9. The Hall–Kier alpha value is -3.76. The quantitative estimate of drug-likeness (QED) is 0.0965. The molecule has 0 unspecified atom stereocenters.